The lowest BCUT2D eigenvalue weighted by molar-refractivity contribution is 0.0730. The fourth-order valence-electron chi connectivity index (χ4n) is 4.22. The number of ether oxygens (including phenoxy) is 1. The molecular weight excluding hydrogens is 482 g/mol. The van der Waals surface area contributed by atoms with Crippen molar-refractivity contribution in [3.05, 3.63) is 47.3 Å². The van der Waals surface area contributed by atoms with Crippen LogP contribution >= 0.6 is 24.2 Å². The number of halogens is 1. The van der Waals surface area contributed by atoms with E-state index < -0.39 is 10.0 Å². The van der Waals surface area contributed by atoms with Crippen LogP contribution in [0, 0.1) is 13.8 Å². The van der Waals surface area contributed by atoms with Gasteiger partial charge in [-0.25, -0.2) is 13.4 Å². The summed E-state index contributed by atoms with van der Waals surface area (Å²) in [7, 11) is -3.50. The zero-order chi connectivity index (χ0) is 22.3. The van der Waals surface area contributed by atoms with E-state index in [1.54, 1.807) is 36.0 Å². The van der Waals surface area contributed by atoms with Crippen molar-refractivity contribution in [1.82, 2.24) is 14.3 Å². The number of nitrogens with one attached hydrogen (secondary N) is 1. The quantitative estimate of drug-likeness (QED) is 0.665. The van der Waals surface area contributed by atoms with E-state index >= 15 is 0 Å². The summed E-state index contributed by atoms with van der Waals surface area (Å²) in [6.45, 7) is 5.97. The monoisotopic (exact) mass is 509 g/mol. The van der Waals surface area contributed by atoms with E-state index in [2.05, 4.69) is 40.0 Å². The molecule has 1 aromatic carbocycles. The maximum atomic E-state index is 12.8. The fourth-order valence-corrected chi connectivity index (χ4v) is 6.40. The van der Waals surface area contributed by atoms with Crippen molar-refractivity contribution >= 4 is 50.8 Å². The summed E-state index contributed by atoms with van der Waals surface area (Å²) in [6.07, 6.45) is 2.53. The maximum absolute atomic E-state index is 12.8. The Morgan fingerprint density at radius 2 is 1.85 bits per heavy atom. The van der Waals surface area contributed by atoms with Crippen LogP contribution < -0.4 is 5.43 Å². The number of morpholine rings is 1. The van der Waals surface area contributed by atoms with E-state index in [1.165, 1.54) is 34.1 Å². The van der Waals surface area contributed by atoms with Crippen molar-refractivity contribution in [2.75, 3.05) is 32.1 Å². The van der Waals surface area contributed by atoms with Gasteiger partial charge in [0.2, 0.25) is 10.0 Å². The number of thioether (sulfide) groups is 1. The Morgan fingerprint density at radius 1 is 1.15 bits per heavy atom. The molecular formula is C22H28ClN5O3S2. The van der Waals surface area contributed by atoms with Crippen LogP contribution in [0.3, 0.4) is 0 Å². The molecule has 0 spiro atoms. The van der Waals surface area contributed by atoms with E-state index in [1.807, 2.05) is 0 Å². The van der Waals surface area contributed by atoms with Gasteiger partial charge in [0.1, 0.15) is 0 Å². The number of rotatable bonds is 5. The first-order valence-electron chi connectivity index (χ1n) is 10.8. The van der Waals surface area contributed by atoms with Gasteiger partial charge in [-0.2, -0.15) is 9.41 Å². The number of aromatic nitrogens is 1. The number of aliphatic imine (C=N–C) groups is 1. The van der Waals surface area contributed by atoms with Gasteiger partial charge >= 0.3 is 0 Å². The van der Waals surface area contributed by atoms with Crippen LogP contribution in [0.25, 0.3) is 0 Å². The predicted octanol–water partition coefficient (Wildman–Crippen LogP) is 3.61. The van der Waals surface area contributed by atoms with Crippen LogP contribution in [0.4, 0.5) is 5.69 Å². The number of hydrogen-bond donors (Lipinski definition) is 1. The van der Waals surface area contributed by atoms with Crippen LogP contribution in [0.15, 0.2) is 45.3 Å². The number of hydrogen-bond acceptors (Lipinski definition) is 6. The van der Waals surface area contributed by atoms with Gasteiger partial charge in [0.25, 0.3) is 0 Å². The second-order valence-corrected chi connectivity index (χ2v) is 11.2. The van der Waals surface area contributed by atoms with E-state index in [0.717, 1.165) is 11.5 Å². The van der Waals surface area contributed by atoms with Crippen molar-refractivity contribution in [2.45, 2.75) is 37.6 Å². The Labute approximate surface area is 204 Å². The second kappa shape index (κ2) is 9.79. The largest absolute Gasteiger partial charge is 0.379 e. The Hall–Kier alpha value is -1.85. The van der Waals surface area contributed by atoms with Crippen LogP contribution in [-0.4, -0.2) is 60.2 Å². The average molecular weight is 510 g/mol. The number of amidine groups is 1. The second-order valence-electron chi connectivity index (χ2n) is 8.27. The molecule has 2 fully saturated rings. The summed E-state index contributed by atoms with van der Waals surface area (Å²) in [4.78, 5) is 4.87. The molecule has 0 amide bonds. The van der Waals surface area contributed by atoms with Crippen molar-refractivity contribution < 1.29 is 13.2 Å². The molecule has 0 bridgehead atoms. The first-order valence-corrected chi connectivity index (χ1v) is 13.3. The van der Waals surface area contributed by atoms with Gasteiger partial charge < -0.3 is 9.30 Å². The minimum absolute atomic E-state index is 0. The molecule has 11 heteroatoms. The Kier molecular flexibility index (Phi) is 7.20. The molecule has 178 valence electrons. The van der Waals surface area contributed by atoms with Crippen molar-refractivity contribution in [3.63, 3.8) is 0 Å². The Bertz CT molecular complexity index is 1180. The van der Waals surface area contributed by atoms with Gasteiger partial charge in [0.05, 0.1) is 29.5 Å². The summed E-state index contributed by atoms with van der Waals surface area (Å²) in [5, 5.41) is 5.28. The van der Waals surface area contributed by atoms with Gasteiger partial charge in [-0.3, -0.25) is 5.43 Å². The third-order valence-electron chi connectivity index (χ3n) is 6.01. The predicted molar refractivity (Wildman–Crippen MR) is 135 cm³/mol. The van der Waals surface area contributed by atoms with Gasteiger partial charge in [-0.15, -0.1) is 12.4 Å². The summed E-state index contributed by atoms with van der Waals surface area (Å²) < 4.78 is 34.7. The number of sulfonamides is 1. The molecule has 33 heavy (non-hydrogen) atoms. The molecule has 1 saturated carbocycles. The van der Waals surface area contributed by atoms with E-state index in [9.17, 15) is 8.42 Å². The van der Waals surface area contributed by atoms with Gasteiger partial charge in [-0.05, 0) is 57.0 Å². The highest BCUT2D eigenvalue weighted by atomic mass is 35.5. The molecule has 2 aliphatic heterocycles. The number of nitrogens with zero attached hydrogens (tertiary/aromatic N) is 4. The third-order valence-corrected chi connectivity index (χ3v) is 8.80. The summed E-state index contributed by atoms with van der Waals surface area (Å²) in [5.74, 6) is 0.740. The highest BCUT2D eigenvalue weighted by Crippen LogP contribution is 2.38. The van der Waals surface area contributed by atoms with Gasteiger partial charge in [0, 0.05) is 41.8 Å². The van der Waals surface area contributed by atoms with Crippen molar-refractivity contribution in [3.8, 4) is 0 Å². The van der Waals surface area contributed by atoms with Crippen LogP contribution in [0.2, 0.25) is 0 Å². The van der Waals surface area contributed by atoms with E-state index in [4.69, 9.17) is 4.74 Å². The third kappa shape index (κ3) is 5.00. The van der Waals surface area contributed by atoms with E-state index in [0.29, 0.717) is 43.2 Å². The fraction of sp³-hybridized carbons (Fsp3) is 0.455. The molecule has 3 aliphatic rings. The molecule has 0 unspecified atom stereocenters. The SMILES string of the molecule is Cc1cc(C2=NNC(=Nc3ccc(S(=O)(=O)N4CCOCC4)cc3)SC2)c(C)n1C1CC1.Cl. The van der Waals surface area contributed by atoms with Crippen molar-refractivity contribution in [2.24, 2.45) is 10.1 Å². The summed E-state index contributed by atoms with van der Waals surface area (Å²) >= 11 is 1.60. The number of aryl methyl sites for hydroxylation is 1. The topological polar surface area (TPSA) is 88.3 Å². The van der Waals surface area contributed by atoms with E-state index in [-0.39, 0.29) is 17.3 Å². The lowest BCUT2D eigenvalue weighted by atomic mass is 10.1. The average Bonchev–Trinajstić information content (AvgIpc) is 3.59. The Balaban J connectivity index is 0.00000259. The normalized spacial score (nSPS) is 20.8. The number of hydrazone groups is 1. The molecule has 1 saturated heterocycles. The summed E-state index contributed by atoms with van der Waals surface area (Å²) in [5.41, 5.74) is 8.55. The molecule has 1 N–H and O–H groups in total. The van der Waals surface area contributed by atoms with Crippen LogP contribution in [0.1, 0.15) is 35.8 Å². The van der Waals surface area contributed by atoms with Gasteiger partial charge in [-0.1, -0.05) is 11.8 Å². The maximum Gasteiger partial charge on any atom is 0.243 e. The number of benzene rings is 1. The summed E-state index contributed by atoms with van der Waals surface area (Å²) in [6, 6.07) is 9.56. The Morgan fingerprint density at radius 3 is 2.45 bits per heavy atom. The minimum Gasteiger partial charge on any atom is -0.379 e. The lowest BCUT2D eigenvalue weighted by Crippen LogP contribution is -2.40. The highest BCUT2D eigenvalue weighted by Gasteiger charge is 2.29. The minimum atomic E-state index is -3.50. The molecule has 1 aliphatic carbocycles. The van der Waals surface area contributed by atoms with Gasteiger partial charge in [0.15, 0.2) is 5.17 Å². The highest BCUT2D eigenvalue weighted by molar-refractivity contribution is 8.14. The molecule has 3 heterocycles. The smallest absolute Gasteiger partial charge is 0.243 e. The standard InChI is InChI=1S/C22H27N5O3S2.ClH/c1-15-13-20(16(2)27(15)18-5-6-18)21-14-31-22(25-24-21)23-17-3-7-19(8-4-17)32(28,29)26-9-11-30-12-10-26;/h3-4,7-8,13,18H,5-6,9-12,14H2,1-2H3,(H,23,25);1H. The van der Waals surface area contributed by atoms with Crippen molar-refractivity contribution in [1.29, 1.82) is 0 Å². The first-order chi connectivity index (χ1) is 15.4. The zero-order valence-corrected chi connectivity index (χ0v) is 21.1. The lowest BCUT2D eigenvalue weighted by Gasteiger charge is -2.26. The molecule has 0 radical (unpaired) electrons. The zero-order valence-electron chi connectivity index (χ0n) is 18.7. The van der Waals surface area contributed by atoms with Crippen LogP contribution in [0.5, 0.6) is 0 Å². The molecule has 2 aromatic rings. The molecule has 8 nitrogen and oxygen atoms in total. The van der Waals surface area contributed by atoms with Crippen LogP contribution in [-0.2, 0) is 14.8 Å². The molecule has 1 aromatic heterocycles. The molecule has 5 rings (SSSR count). The first kappa shape index (κ1) is 24.3. The molecule has 0 atom stereocenters.